The number of hydrogen-bond acceptors (Lipinski definition) is 0. The molecule has 1 aromatic carbocycles. The smallest absolute Gasteiger partial charge is 0 e. The summed E-state index contributed by atoms with van der Waals surface area (Å²) in [6.45, 7) is 6.54. The zero-order valence-corrected chi connectivity index (χ0v) is 10.8. The zero-order valence-electron chi connectivity index (χ0n) is 7.86. The molecular formula is C9H13GeLi. The fraction of sp³-hybridized carbons (Fsp3) is 0.333. The van der Waals surface area contributed by atoms with Crippen molar-refractivity contribution < 1.29 is 0 Å². The van der Waals surface area contributed by atoms with Crippen LogP contribution in [0.3, 0.4) is 0 Å². The van der Waals surface area contributed by atoms with E-state index in [4.69, 9.17) is 0 Å². The molecule has 1 rings (SSSR count). The first-order valence-electron chi connectivity index (χ1n) is 3.51. The molecule has 0 fully saturated rings. The van der Waals surface area contributed by atoms with Crippen LogP contribution in [-0.2, 0) is 0 Å². The fourth-order valence-electron chi connectivity index (χ4n) is 1.21. The van der Waals surface area contributed by atoms with Gasteiger partial charge in [-0.3, -0.25) is 0 Å². The van der Waals surface area contributed by atoms with E-state index in [0.717, 1.165) is 0 Å². The monoisotopic (exact) mass is 202 g/mol. The number of rotatable bonds is 0. The molecule has 0 aliphatic carbocycles. The van der Waals surface area contributed by atoms with Gasteiger partial charge in [-0.15, -0.1) is 0 Å². The maximum absolute atomic E-state index is 2.26. The second-order valence-electron chi connectivity index (χ2n) is 2.88. The van der Waals surface area contributed by atoms with Gasteiger partial charge in [0.15, 0.2) is 0 Å². The van der Waals surface area contributed by atoms with E-state index in [2.05, 4.69) is 32.9 Å². The number of benzene rings is 1. The van der Waals surface area contributed by atoms with Crippen LogP contribution in [0.5, 0.6) is 0 Å². The van der Waals surface area contributed by atoms with Crippen molar-refractivity contribution in [1.29, 1.82) is 0 Å². The van der Waals surface area contributed by atoms with Gasteiger partial charge in [-0.2, -0.15) is 0 Å². The van der Waals surface area contributed by atoms with E-state index in [9.17, 15) is 0 Å². The normalized spacial score (nSPS) is 9.09. The summed E-state index contributed by atoms with van der Waals surface area (Å²) in [4.78, 5) is 0. The molecule has 1 aromatic rings. The summed E-state index contributed by atoms with van der Waals surface area (Å²) >= 11 is 1.28. The standard InChI is InChI=1S/C9H13Ge.Li/c1-6-4-7(2)9(10)8(3)5-6;/h4-5H,10H2,1-3H3;. The third-order valence-electron chi connectivity index (χ3n) is 1.84. The molecular weight excluding hydrogens is 188 g/mol. The molecule has 0 atom stereocenters. The molecule has 0 saturated carbocycles. The first-order valence-corrected chi connectivity index (χ1v) is 4.99. The van der Waals surface area contributed by atoms with E-state index in [-0.39, 0.29) is 18.9 Å². The van der Waals surface area contributed by atoms with E-state index in [1.165, 1.54) is 33.2 Å². The predicted octanol–water partition coefficient (Wildman–Crippen LogP) is 0.489. The molecule has 2 radical (unpaired) electrons. The van der Waals surface area contributed by atoms with Crippen molar-refractivity contribution in [3.05, 3.63) is 28.8 Å². The molecule has 0 spiro atoms. The second-order valence-corrected chi connectivity index (χ2v) is 4.36. The van der Waals surface area contributed by atoms with Gasteiger partial charge in [0.2, 0.25) is 0 Å². The molecule has 0 amide bonds. The third-order valence-corrected chi connectivity index (χ3v) is 4.18. The van der Waals surface area contributed by atoms with Crippen LogP contribution in [-0.4, -0.2) is 35.4 Å². The average Bonchev–Trinajstić information content (AvgIpc) is 1.82. The van der Waals surface area contributed by atoms with E-state index >= 15 is 0 Å². The molecule has 0 bridgehead atoms. The molecule has 0 unspecified atom stereocenters. The summed E-state index contributed by atoms with van der Waals surface area (Å²) in [5.41, 5.74) is 4.29. The Morgan fingerprint density at radius 3 is 1.73 bits per heavy atom. The summed E-state index contributed by atoms with van der Waals surface area (Å²) in [5, 5.41) is 0. The quantitative estimate of drug-likeness (QED) is 0.535. The molecule has 0 saturated heterocycles. The van der Waals surface area contributed by atoms with Crippen LogP contribution in [0.25, 0.3) is 0 Å². The Bertz CT molecular complexity index is 233. The minimum atomic E-state index is 0. The Kier molecular flexibility index (Phi) is 4.55. The van der Waals surface area contributed by atoms with E-state index < -0.39 is 0 Å². The van der Waals surface area contributed by atoms with Gasteiger partial charge in [-0.1, -0.05) is 0 Å². The molecule has 0 heterocycles. The molecule has 11 heavy (non-hydrogen) atoms. The van der Waals surface area contributed by atoms with Gasteiger partial charge in [0, 0.05) is 18.9 Å². The Morgan fingerprint density at radius 1 is 1.00 bits per heavy atom. The minimum absolute atomic E-state index is 0. The van der Waals surface area contributed by atoms with Crippen molar-refractivity contribution in [2.24, 2.45) is 0 Å². The minimum Gasteiger partial charge on any atom is 0 e. The van der Waals surface area contributed by atoms with Crippen molar-refractivity contribution in [3.63, 3.8) is 0 Å². The van der Waals surface area contributed by atoms with Crippen LogP contribution in [0.2, 0.25) is 0 Å². The summed E-state index contributed by atoms with van der Waals surface area (Å²) in [6, 6.07) is 4.51. The molecule has 2 heteroatoms. The van der Waals surface area contributed by atoms with E-state index in [1.807, 2.05) is 0 Å². The van der Waals surface area contributed by atoms with Gasteiger partial charge >= 0.3 is 70.5 Å². The van der Waals surface area contributed by atoms with Crippen molar-refractivity contribution in [2.45, 2.75) is 20.8 Å². The molecule has 0 aromatic heterocycles. The third kappa shape index (κ3) is 2.71. The second kappa shape index (κ2) is 4.40. The van der Waals surface area contributed by atoms with Crippen molar-refractivity contribution in [3.8, 4) is 0 Å². The van der Waals surface area contributed by atoms with Gasteiger partial charge in [-0.25, -0.2) is 0 Å². The van der Waals surface area contributed by atoms with Gasteiger partial charge in [-0.05, 0) is 0 Å². The summed E-state index contributed by atoms with van der Waals surface area (Å²) in [5.74, 6) is 0. The first kappa shape index (κ1) is 11.4. The Morgan fingerprint density at radius 2 is 1.36 bits per heavy atom. The summed E-state index contributed by atoms with van der Waals surface area (Å²) in [7, 11) is 0. The van der Waals surface area contributed by atoms with Gasteiger partial charge in [0.05, 0.1) is 0 Å². The SMILES string of the molecule is Cc1cc(C)[c]([GeH2])c(C)c1.[Li]. The maximum atomic E-state index is 2.26. The van der Waals surface area contributed by atoms with Crippen molar-refractivity contribution in [1.82, 2.24) is 0 Å². The van der Waals surface area contributed by atoms with Gasteiger partial charge in [0.25, 0.3) is 0 Å². The molecule has 0 nitrogen and oxygen atoms in total. The predicted molar refractivity (Wildman–Crippen MR) is 54.6 cm³/mol. The van der Waals surface area contributed by atoms with Crippen LogP contribution in [0.4, 0.5) is 0 Å². The zero-order chi connectivity index (χ0) is 7.72. The van der Waals surface area contributed by atoms with Crippen LogP contribution >= 0.6 is 0 Å². The van der Waals surface area contributed by atoms with Gasteiger partial charge < -0.3 is 0 Å². The summed E-state index contributed by atoms with van der Waals surface area (Å²) in [6.07, 6.45) is 0. The van der Waals surface area contributed by atoms with E-state index in [1.54, 1.807) is 4.40 Å². The summed E-state index contributed by atoms with van der Waals surface area (Å²) < 4.78 is 1.55. The first-order chi connectivity index (χ1) is 4.61. The largest absolute Gasteiger partial charge is 0 e. The number of aryl methyl sites for hydroxylation is 3. The molecule has 0 aliphatic rings. The van der Waals surface area contributed by atoms with Crippen LogP contribution in [0.15, 0.2) is 12.1 Å². The van der Waals surface area contributed by atoms with Crippen LogP contribution in [0, 0.1) is 20.8 Å². The Balaban J connectivity index is 0.000001000. The molecule has 0 aliphatic heterocycles. The number of hydrogen-bond donors (Lipinski definition) is 0. The molecule has 0 N–H and O–H groups in total. The van der Waals surface area contributed by atoms with Gasteiger partial charge in [0.1, 0.15) is 0 Å². The Hall–Kier alpha value is 0.360. The van der Waals surface area contributed by atoms with Crippen LogP contribution in [0.1, 0.15) is 16.7 Å². The molecule has 54 valence electrons. The van der Waals surface area contributed by atoms with Crippen molar-refractivity contribution in [2.75, 3.05) is 0 Å². The maximum Gasteiger partial charge on any atom is 0 e. The average molecular weight is 201 g/mol. The topological polar surface area (TPSA) is 0 Å². The van der Waals surface area contributed by atoms with Crippen molar-refractivity contribution >= 4 is 39.8 Å². The van der Waals surface area contributed by atoms with E-state index in [0.29, 0.717) is 0 Å². The fourth-order valence-corrected chi connectivity index (χ4v) is 1.64. The van der Waals surface area contributed by atoms with Crippen LogP contribution < -0.4 is 4.40 Å². The Labute approximate surface area is 89.2 Å².